The van der Waals surface area contributed by atoms with E-state index in [2.05, 4.69) is 0 Å². The van der Waals surface area contributed by atoms with E-state index in [1.165, 1.54) is 0 Å². The molecule has 2 aromatic rings. The number of benzene rings is 2. The summed E-state index contributed by atoms with van der Waals surface area (Å²) in [6, 6.07) is 15.4. The van der Waals surface area contributed by atoms with Gasteiger partial charge in [-0.2, -0.15) is 0 Å². The number of hydrogen-bond donors (Lipinski definition) is 1. The molecule has 3 rings (SSSR count). The number of aliphatic hydroxyl groups excluding tert-OH is 1. The Labute approximate surface area is 122 Å². The van der Waals surface area contributed by atoms with Gasteiger partial charge in [-0.25, -0.2) is 0 Å². The smallest absolute Gasteiger partial charge is 0.138 e. The number of rotatable bonds is 3. The highest BCUT2D eigenvalue weighted by molar-refractivity contribution is 7.99. The van der Waals surface area contributed by atoms with Gasteiger partial charge in [0.1, 0.15) is 23.7 Å². The molecule has 0 radical (unpaired) electrons. The molecule has 2 unspecified atom stereocenters. The SMILES string of the molecule is COc1cccc(C(O)C2CSc3ccccc3O2)c1. The predicted molar refractivity (Wildman–Crippen MR) is 79.5 cm³/mol. The van der Waals surface area contributed by atoms with Crippen molar-refractivity contribution < 1.29 is 14.6 Å². The monoisotopic (exact) mass is 288 g/mol. The molecule has 0 saturated carbocycles. The largest absolute Gasteiger partial charge is 0.497 e. The zero-order chi connectivity index (χ0) is 13.9. The van der Waals surface area contributed by atoms with Gasteiger partial charge in [0.05, 0.1) is 7.11 Å². The summed E-state index contributed by atoms with van der Waals surface area (Å²) in [6.45, 7) is 0. The molecule has 104 valence electrons. The lowest BCUT2D eigenvalue weighted by molar-refractivity contribution is 0.0456. The third-order valence-corrected chi connectivity index (χ3v) is 4.46. The van der Waals surface area contributed by atoms with E-state index in [1.807, 2.05) is 48.5 Å². The van der Waals surface area contributed by atoms with Crippen LogP contribution >= 0.6 is 11.8 Å². The standard InChI is InChI=1S/C16H16O3S/c1-18-12-6-4-5-11(9-12)16(17)14-10-20-15-8-3-2-7-13(15)19-14/h2-9,14,16-17H,10H2,1H3. The Kier molecular flexibility index (Phi) is 3.85. The first-order chi connectivity index (χ1) is 9.78. The third kappa shape index (κ3) is 2.62. The molecule has 2 atom stereocenters. The van der Waals surface area contributed by atoms with Crippen LogP contribution in [0, 0.1) is 0 Å². The normalized spacial score (nSPS) is 18.8. The second kappa shape index (κ2) is 5.77. The van der Waals surface area contributed by atoms with Gasteiger partial charge >= 0.3 is 0 Å². The van der Waals surface area contributed by atoms with E-state index >= 15 is 0 Å². The Morgan fingerprint density at radius 1 is 1.25 bits per heavy atom. The van der Waals surface area contributed by atoms with Gasteiger partial charge in [0, 0.05) is 10.6 Å². The average molecular weight is 288 g/mol. The van der Waals surface area contributed by atoms with Gasteiger partial charge in [0.2, 0.25) is 0 Å². The maximum atomic E-state index is 10.5. The van der Waals surface area contributed by atoms with Crippen LogP contribution in [0.3, 0.4) is 0 Å². The maximum Gasteiger partial charge on any atom is 0.138 e. The van der Waals surface area contributed by atoms with Crippen LogP contribution in [0.5, 0.6) is 11.5 Å². The van der Waals surface area contributed by atoms with Gasteiger partial charge in [-0.15, -0.1) is 11.8 Å². The van der Waals surface area contributed by atoms with Crippen LogP contribution in [0.2, 0.25) is 0 Å². The van der Waals surface area contributed by atoms with Crippen LogP contribution in [0.4, 0.5) is 0 Å². The van der Waals surface area contributed by atoms with Gasteiger partial charge in [0.15, 0.2) is 0 Å². The quantitative estimate of drug-likeness (QED) is 0.940. The molecular weight excluding hydrogens is 272 g/mol. The molecular formula is C16H16O3S. The molecule has 0 amide bonds. The second-order valence-electron chi connectivity index (χ2n) is 4.64. The molecule has 0 aromatic heterocycles. The minimum Gasteiger partial charge on any atom is -0.497 e. The first-order valence-corrected chi connectivity index (χ1v) is 7.47. The van der Waals surface area contributed by atoms with Crippen molar-refractivity contribution >= 4 is 11.8 Å². The van der Waals surface area contributed by atoms with Crippen molar-refractivity contribution in [2.75, 3.05) is 12.9 Å². The van der Waals surface area contributed by atoms with E-state index in [0.29, 0.717) is 0 Å². The molecule has 1 aliphatic heterocycles. The highest BCUT2D eigenvalue weighted by Gasteiger charge is 2.28. The van der Waals surface area contributed by atoms with E-state index < -0.39 is 6.10 Å². The third-order valence-electron chi connectivity index (χ3n) is 3.32. The average Bonchev–Trinajstić information content (AvgIpc) is 2.53. The predicted octanol–water partition coefficient (Wildman–Crippen LogP) is 3.28. The molecule has 0 fully saturated rings. The van der Waals surface area contributed by atoms with E-state index in [0.717, 1.165) is 27.7 Å². The molecule has 2 aromatic carbocycles. The number of ether oxygens (including phenoxy) is 2. The number of methoxy groups -OCH3 is 1. The molecule has 3 nitrogen and oxygen atoms in total. The number of thioether (sulfide) groups is 1. The van der Waals surface area contributed by atoms with Crippen molar-refractivity contribution in [3.8, 4) is 11.5 Å². The summed E-state index contributed by atoms with van der Waals surface area (Å²) in [7, 11) is 1.62. The highest BCUT2D eigenvalue weighted by atomic mass is 32.2. The fraction of sp³-hybridized carbons (Fsp3) is 0.250. The van der Waals surface area contributed by atoms with Crippen LogP contribution in [0.25, 0.3) is 0 Å². The van der Waals surface area contributed by atoms with E-state index in [4.69, 9.17) is 9.47 Å². The summed E-state index contributed by atoms with van der Waals surface area (Å²) in [5, 5.41) is 10.5. The van der Waals surface area contributed by atoms with Crippen molar-refractivity contribution in [1.29, 1.82) is 0 Å². The molecule has 0 saturated heterocycles. The van der Waals surface area contributed by atoms with Crippen molar-refractivity contribution in [3.05, 3.63) is 54.1 Å². The summed E-state index contributed by atoms with van der Waals surface area (Å²) in [5.41, 5.74) is 0.814. The van der Waals surface area contributed by atoms with E-state index in [9.17, 15) is 5.11 Å². The molecule has 0 aliphatic carbocycles. The van der Waals surface area contributed by atoms with Gasteiger partial charge in [-0.3, -0.25) is 0 Å². The molecule has 1 aliphatic rings. The maximum absolute atomic E-state index is 10.5. The first-order valence-electron chi connectivity index (χ1n) is 6.48. The fourth-order valence-corrected chi connectivity index (χ4v) is 3.26. The lowest BCUT2D eigenvalue weighted by Gasteiger charge is -2.29. The van der Waals surface area contributed by atoms with Crippen LogP contribution in [0.1, 0.15) is 11.7 Å². The van der Waals surface area contributed by atoms with E-state index in [1.54, 1.807) is 18.9 Å². The number of fused-ring (bicyclic) bond motifs is 1. The second-order valence-corrected chi connectivity index (χ2v) is 5.70. The first kappa shape index (κ1) is 13.3. The van der Waals surface area contributed by atoms with Crippen LogP contribution in [-0.4, -0.2) is 24.1 Å². The van der Waals surface area contributed by atoms with Crippen LogP contribution in [0.15, 0.2) is 53.4 Å². The van der Waals surface area contributed by atoms with Crippen LogP contribution < -0.4 is 9.47 Å². The fourth-order valence-electron chi connectivity index (χ4n) is 2.23. The number of para-hydroxylation sites is 1. The molecule has 1 heterocycles. The Morgan fingerprint density at radius 3 is 2.95 bits per heavy atom. The van der Waals surface area contributed by atoms with Crippen molar-refractivity contribution in [2.45, 2.75) is 17.1 Å². The number of hydrogen-bond acceptors (Lipinski definition) is 4. The van der Waals surface area contributed by atoms with Gasteiger partial charge in [-0.1, -0.05) is 24.3 Å². The lowest BCUT2D eigenvalue weighted by atomic mass is 10.0. The lowest BCUT2D eigenvalue weighted by Crippen LogP contribution is -2.30. The highest BCUT2D eigenvalue weighted by Crippen LogP contribution is 2.38. The Balaban J connectivity index is 1.80. The number of aliphatic hydroxyl groups is 1. The zero-order valence-corrected chi connectivity index (χ0v) is 12.0. The van der Waals surface area contributed by atoms with Gasteiger partial charge < -0.3 is 14.6 Å². The van der Waals surface area contributed by atoms with Crippen LogP contribution in [-0.2, 0) is 0 Å². The van der Waals surface area contributed by atoms with Crippen molar-refractivity contribution in [1.82, 2.24) is 0 Å². The van der Waals surface area contributed by atoms with E-state index in [-0.39, 0.29) is 6.10 Å². The van der Waals surface area contributed by atoms with Crippen molar-refractivity contribution in [2.24, 2.45) is 0 Å². The minimum atomic E-state index is -0.661. The molecule has 1 N–H and O–H groups in total. The molecule has 0 spiro atoms. The minimum absolute atomic E-state index is 0.248. The Hall–Kier alpha value is -1.65. The summed E-state index contributed by atoms with van der Waals surface area (Å²) in [6.07, 6.45) is -0.909. The molecule has 0 bridgehead atoms. The summed E-state index contributed by atoms with van der Waals surface area (Å²) in [4.78, 5) is 1.13. The van der Waals surface area contributed by atoms with Crippen molar-refractivity contribution in [3.63, 3.8) is 0 Å². The summed E-state index contributed by atoms with van der Waals surface area (Å²) < 4.78 is 11.1. The topological polar surface area (TPSA) is 38.7 Å². The Morgan fingerprint density at radius 2 is 2.10 bits per heavy atom. The molecule has 4 heteroatoms. The molecule has 20 heavy (non-hydrogen) atoms. The zero-order valence-electron chi connectivity index (χ0n) is 11.2. The summed E-state index contributed by atoms with van der Waals surface area (Å²) >= 11 is 1.71. The van der Waals surface area contributed by atoms with Gasteiger partial charge in [0.25, 0.3) is 0 Å². The van der Waals surface area contributed by atoms with Gasteiger partial charge in [-0.05, 0) is 29.8 Å². The Bertz CT molecular complexity index is 600. The summed E-state index contributed by atoms with van der Waals surface area (Å²) in [5.74, 6) is 2.32.